The summed E-state index contributed by atoms with van der Waals surface area (Å²) in [5.74, 6) is -4.93. The molecule has 5 rings (SSSR count). The number of carboxylic acid groups (broad SMARTS) is 2. The second-order valence-corrected chi connectivity index (χ2v) is 25.7. The molecular formula is C24H38O9Si3. The van der Waals surface area contributed by atoms with E-state index in [9.17, 15) is 29.4 Å². The van der Waals surface area contributed by atoms with E-state index < -0.39 is 49.0 Å². The molecule has 200 valence electrons. The maximum Gasteiger partial charge on any atom is 0.317 e. The summed E-state index contributed by atoms with van der Waals surface area (Å²) in [5, 5.41) is 19.5. The minimum Gasteiger partial charge on any atom is -0.481 e. The van der Waals surface area contributed by atoms with E-state index in [-0.39, 0.29) is 58.5 Å². The molecule has 5 aliphatic rings. The van der Waals surface area contributed by atoms with Gasteiger partial charge in [-0.2, -0.15) is 0 Å². The van der Waals surface area contributed by atoms with Gasteiger partial charge >= 0.3 is 32.4 Å². The molecule has 4 aliphatic carbocycles. The molecule has 36 heavy (non-hydrogen) atoms. The van der Waals surface area contributed by atoms with Crippen molar-refractivity contribution >= 4 is 49.1 Å². The van der Waals surface area contributed by atoms with E-state index in [0.29, 0.717) is 12.8 Å². The lowest BCUT2D eigenvalue weighted by Gasteiger charge is -2.46. The molecule has 0 aromatic carbocycles. The Morgan fingerprint density at radius 2 is 1.19 bits per heavy atom. The molecular weight excluding hydrogens is 517 g/mol. The van der Waals surface area contributed by atoms with Crippen molar-refractivity contribution in [2.75, 3.05) is 0 Å². The summed E-state index contributed by atoms with van der Waals surface area (Å²) < 4.78 is 18.8. The Balaban J connectivity index is 1.28. The monoisotopic (exact) mass is 554 g/mol. The number of hydrogen-bond donors (Lipinski definition) is 2. The van der Waals surface area contributed by atoms with Gasteiger partial charge < -0.3 is 23.2 Å². The van der Waals surface area contributed by atoms with E-state index in [1.165, 1.54) is 0 Å². The van der Waals surface area contributed by atoms with Crippen molar-refractivity contribution in [1.29, 1.82) is 0 Å². The van der Waals surface area contributed by atoms with E-state index in [4.69, 9.17) is 13.0 Å². The van der Waals surface area contributed by atoms with E-state index in [1.807, 2.05) is 0 Å². The second kappa shape index (κ2) is 8.32. The molecule has 4 bridgehead atoms. The first kappa shape index (κ1) is 26.3. The Hall–Kier alpha value is -1.35. The second-order valence-electron chi connectivity index (χ2n) is 13.3. The van der Waals surface area contributed by atoms with Crippen LogP contribution in [0.3, 0.4) is 0 Å². The molecule has 10 atom stereocenters. The third kappa shape index (κ3) is 3.98. The summed E-state index contributed by atoms with van der Waals surface area (Å²) >= 11 is 0. The number of hydrogen-bond acceptors (Lipinski definition) is 7. The largest absolute Gasteiger partial charge is 0.481 e. The number of fused-ring (bicyclic) bond motifs is 7. The molecule has 1 saturated heterocycles. The van der Waals surface area contributed by atoms with Crippen LogP contribution in [0.1, 0.15) is 25.7 Å². The zero-order valence-electron chi connectivity index (χ0n) is 21.9. The maximum absolute atomic E-state index is 12.4. The topological polar surface area (TPSA) is 136 Å². The number of rotatable bonds is 8. The number of carboxylic acids is 2. The quantitative estimate of drug-likeness (QED) is 0.261. The fourth-order valence-corrected chi connectivity index (χ4v) is 25.7. The fourth-order valence-electron chi connectivity index (χ4n) is 9.35. The lowest BCUT2D eigenvalue weighted by molar-refractivity contribution is -0.156. The highest BCUT2D eigenvalue weighted by atomic mass is 28.5. The first-order valence-electron chi connectivity index (χ1n) is 13.2. The minimum absolute atomic E-state index is 0.0851. The van der Waals surface area contributed by atoms with Crippen molar-refractivity contribution in [1.82, 2.24) is 0 Å². The predicted octanol–water partition coefficient (Wildman–Crippen LogP) is 3.67. The Labute approximate surface area is 214 Å². The smallest absolute Gasteiger partial charge is 0.317 e. The van der Waals surface area contributed by atoms with Crippen LogP contribution in [-0.4, -0.2) is 59.3 Å². The molecule has 2 N–H and O–H groups in total. The van der Waals surface area contributed by atoms with Gasteiger partial charge in [-0.25, -0.2) is 0 Å². The summed E-state index contributed by atoms with van der Waals surface area (Å²) in [5.41, 5.74) is 0.347. The van der Waals surface area contributed by atoms with E-state index in [0.717, 1.165) is 12.8 Å². The summed E-state index contributed by atoms with van der Waals surface area (Å²) in [6.07, 6.45) is 3.13. The Morgan fingerprint density at radius 3 is 1.75 bits per heavy atom. The highest BCUT2D eigenvalue weighted by Gasteiger charge is 2.66. The van der Waals surface area contributed by atoms with Crippen molar-refractivity contribution < 1.29 is 42.4 Å². The fraction of sp³-hybridized carbons (Fsp3) is 0.833. The Morgan fingerprint density at radius 1 is 0.722 bits per heavy atom. The zero-order chi connectivity index (χ0) is 26.5. The van der Waals surface area contributed by atoms with Gasteiger partial charge in [-0.15, -0.1) is 0 Å². The minimum atomic E-state index is -2.64. The molecule has 9 nitrogen and oxygen atoms in total. The molecule has 5 fully saturated rings. The standard InChI is InChI=1S/C24H38O9Si3/c1-34(2,15-9-11-7-13(15)19(22(27)28)17(11)21(25)26)32-36(5,6)33-35(3,4)16-10-12-8-14(16)20-18(12)23(29)31-24(20)30/h11-20H,7-10H2,1-6H3,(H,25,26)(H,27,28)/t11?,12?,13?,14?,15-,16+,17?,18?,19?,20?/m0/s1. The Kier molecular flexibility index (Phi) is 6.07. The zero-order valence-corrected chi connectivity index (χ0v) is 24.9. The van der Waals surface area contributed by atoms with Gasteiger partial charge in [0.25, 0.3) is 0 Å². The van der Waals surface area contributed by atoms with Gasteiger partial charge in [0.05, 0.1) is 23.7 Å². The molecule has 4 saturated carbocycles. The third-order valence-electron chi connectivity index (χ3n) is 10.1. The highest BCUT2D eigenvalue weighted by molar-refractivity contribution is 6.88. The lowest BCUT2D eigenvalue weighted by atomic mass is 9.79. The van der Waals surface area contributed by atoms with E-state index in [1.54, 1.807) is 0 Å². The molecule has 12 heteroatoms. The molecule has 0 aromatic rings. The number of carbonyl (C=O) groups excluding carboxylic acids is 2. The van der Waals surface area contributed by atoms with Gasteiger partial charge in [0.2, 0.25) is 0 Å². The van der Waals surface area contributed by atoms with Gasteiger partial charge in [0.15, 0.2) is 16.6 Å². The molecule has 0 radical (unpaired) electrons. The normalized spacial score (nSPS) is 41.6. The van der Waals surface area contributed by atoms with Crippen LogP contribution in [-0.2, 0) is 32.1 Å². The molecule has 1 aliphatic heterocycles. The number of cyclic esters (lactones) is 2. The van der Waals surface area contributed by atoms with E-state index >= 15 is 0 Å². The van der Waals surface area contributed by atoms with Crippen molar-refractivity contribution in [3.8, 4) is 0 Å². The van der Waals surface area contributed by atoms with Crippen LogP contribution in [0.15, 0.2) is 0 Å². The SMILES string of the molecule is C[Si](C)(O[Si](C)(C)[C@@H]1CC2CC1C1C(=O)OC(=O)C21)O[Si](C)(C)[C@H]1CC2CC1C(C(=O)O)C2C(=O)O. The highest BCUT2D eigenvalue weighted by Crippen LogP contribution is 2.64. The van der Waals surface area contributed by atoms with Gasteiger partial charge in [-0.05, 0) is 99.7 Å². The first-order valence-corrected chi connectivity index (χ1v) is 21.9. The van der Waals surface area contributed by atoms with Crippen molar-refractivity contribution in [2.24, 2.45) is 47.3 Å². The van der Waals surface area contributed by atoms with Crippen LogP contribution >= 0.6 is 0 Å². The predicted molar refractivity (Wildman–Crippen MR) is 135 cm³/mol. The van der Waals surface area contributed by atoms with Crippen LogP contribution in [0.2, 0.25) is 50.4 Å². The van der Waals surface area contributed by atoms with Crippen LogP contribution in [0.4, 0.5) is 0 Å². The number of carbonyl (C=O) groups is 4. The lowest BCUT2D eigenvalue weighted by Crippen LogP contribution is -2.57. The molecule has 1 heterocycles. The molecule has 0 spiro atoms. The average Bonchev–Trinajstić information content (AvgIpc) is 3.50. The number of aliphatic carboxylic acids is 2. The van der Waals surface area contributed by atoms with Crippen molar-refractivity contribution in [3.63, 3.8) is 0 Å². The first-order chi connectivity index (χ1) is 16.5. The van der Waals surface area contributed by atoms with Crippen LogP contribution in [0.25, 0.3) is 0 Å². The summed E-state index contributed by atoms with van der Waals surface area (Å²) in [6.45, 7) is 12.8. The maximum atomic E-state index is 12.4. The van der Waals surface area contributed by atoms with Gasteiger partial charge in [-0.1, -0.05) is 0 Å². The van der Waals surface area contributed by atoms with Crippen molar-refractivity contribution in [2.45, 2.75) is 76.0 Å². The Bertz CT molecular complexity index is 1010. The summed E-state index contributed by atoms with van der Waals surface area (Å²) in [7, 11) is -7.38. The van der Waals surface area contributed by atoms with Gasteiger partial charge in [0, 0.05) is 0 Å². The third-order valence-corrected chi connectivity index (χ3v) is 23.2. The average molecular weight is 555 g/mol. The van der Waals surface area contributed by atoms with Crippen LogP contribution in [0, 0.1) is 47.3 Å². The van der Waals surface area contributed by atoms with Crippen molar-refractivity contribution in [3.05, 3.63) is 0 Å². The van der Waals surface area contributed by atoms with Gasteiger partial charge in [-0.3, -0.25) is 19.2 Å². The van der Waals surface area contributed by atoms with Gasteiger partial charge in [0.1, 0.15) is 0 Å². The number of esters is 2. The van der Waals surface area contributed by atoms with E-state index in [2.05, 4.69) is 39.3 Å². The van der Waals surface area contributed by atoms with Crippen LogP contribution in [0.5, 0.6) is 0 Å². The van der Waals surface area contributed by atoms with Crippen LogP contribution < -0.4 is 0 Å². The summed E-state index contributed by atoms with van der Waals surface area (Å²) in [4.78, 5) is 48.4. The molecule has 8 unspecified atom stereocenters. The number of ether oxygens (including phenoxy) is 1. The summed E-state index contributed by atoms with van der Waals surface area (Å²) in [6, 6.07) is 0. The molecule has 0 amide bonds. The molecule has 0 aromatic heterocycles.